The molecule has 0 atom stereocenters. The Hall–Kier alpha value is -0.810. The molecule has 0 unspecified atom stereocenters. The van der Waals surface area contributed by atoms with Gasteiger partial charge in [-0.1, -0.05) is 25.7 Å². The van der Waals surface area contributed by atoms with Crippen LogP contribution in [-0.2, 0) is 9.47 Å². The Morgan fingerprint density at radius 2 is 1.73 bits per heavy atom. The smallest absolute Gasteiger partial charge is 0.191 e. The summed E-state index contributed by atoms with van der Waals surface area (Å²) in [7, 11) is 1.81. The molecule has 5 nitrogen and oxygen atoms in total. The maximum absolute atomic E-state index is 5.97. The third-order valence-corrected chi connectivity index (χ3v) is 3.99. The van der Waals surface area contributed by atoms with Gasteiger partial charge in [0, 0.05) is 33.4 Å². The van der Waals surface area contributed by atoms with E-state index < -0.39 is 0 Å². The van der Waals surface area contributed by atoms with E-state index in [2.05, 4.69) is 15.6 Å². The lowest BCUT2D eigenvalue weighted by Gasteiger charge is -2.16. The fraction of sp³-hybridized carbons (Fsp3) is 0.941. The van der Waals surface area contributed by atoms with Crippen LogP contribution < -0.4 is 10.6 Å². The van der Waals surface area contributed by atoms with Gasteiger partial charge >= 0.3 is 0 Å². The molecule has 130 valence electrons. The van der Waals surface area contributed by atoms with E-state index in [4.69, 9.17) is 9.47 Å². The van der Waals surface area contributed by atoms with E-state index in [1.807, 2.05) is 14.0 Å². The maximum atomic E-state index is 5.97. The van der Waals surface area contributed by atoms with E-state index in [0.717, 1.165) is 51.7 Å². The highest BCUT2D eigenvalue weighted by atomic mass is 16.5. The number of rotatable bonds is 10. The van der Waals surface area contributed by atoms with Crippen LogP contribution in [0.3, 0.4) is 0 Å². The van der Waals surface area contributed by atoms with Gasteiger partial charge in [0.25, 0.3) is 0 Å². The van der Waals surface area contributed by atoms with Crippen LogP contribution in [-0.4, -0.2) is 52.0 Å². The first-order chi connectivity index (χ1) is 10.9. The molecule has 1 aliphatic rings. The van der Waals surface area contributed by atoms with Crippen LogP contribution in [0.25, 0.3) is 0 Å². The van der Waals surface area contributed by atoms with Gasteiger partial charge in [0.1, 0.15) is 0 Å². The van der Waals surface area contributed by atoms with Crippen molar-refractivity contribution < 1.29 is 9.47 Å². The first-order valence-electron chi connectivity index (χ1n) is 9.00. The summed E-state index contributed by atoms with van der Waals surface area (Å²) in [5.41, 5.74) is 0. The molecular weight excluding hydrogens is 278 g/mol. The topological polar surface area (TPSA) is 54.9 Å². The molecule has 0 bridgehead atoms. The minimum atomic E-state index is 0.470. The van der Waals surface area contributed by atoms with E-state index in [1.165, 1.54) is 38.5 Å². The molecule has 1 rings (SSSR count). The molecule has 0 aromatic rings. The van der Waals surface area contributed by atoms with Crippen LogP contribution in [0.1, 0.15) is 58.3 Å². The Kier molecular flexibility index (Phi) is 12.1. The van der Waals surface area contributed by atoms with Crippen LogP contribution in [0.5, 0.6) is 0 Å². The summed E-state index contributed by atoms with van der Waals surface area (Å²) in [6.07, 6.45) is 10.5. The average Bonchev–Trinajstić information content (AvgIpc) is 2.81. The van der Waals surface area contributed by atoms with Crippen LogP contribution in [0.15, 0.2) is 4.99 Å². The second-order valence-corrected chi connectivity index (χ2v) is 5.81. The Labute approximate surface area is 136 Å². The van der Waals surface area contributed by atoms with Gasteiger partial charge in [-0.2, -0.15) is 0 Å². The molecule has 1 aliphatic carbocycles. The minimum absolute atomic E-state index is 0.470. The van der Waals surface area contributed by atoms with Crippen molar-refractivity contribution in [2.24, 2.45) is 4.99 Å². The minimum Gasteiger partial charge on any atom is -0.382 e. The van der Waals surface area contributed by atoms with Gasteiger partial charge in [-0.15, -0.1) is 0 Å². The lowest BCUT2D eigenvalue weighted by atomic mass is 10.1. The number of nitrogens with one attached hydrogen (secondary N) is 2. The second-order valence-electron chi connectivity index (χ2n) is 5.81. The van der Waals surface area contributed by atoms with E-state index in [9.17, 15) is 0 Å². The van der Waals surface area contributed by atoms with Gasteiger partial charge < -0.3 is 20.1 Å². The van der Waals surface area contributed by atoms with Gasteiger partial charge in [0.2, 0.25) is 0 Å². The average molecular weight is 313 g/mol. The van der Waals surface area contributed by atoms with Gasteiger partial charge in [0.05, 0.1) is 12.7 Å². The highest BCUT2D eigenvalue weighted by Crippen LogP contribution is 2.19. The quantitative estimate of drug-likeness (QED) is 0.282. The number of guanidine groups is 1. The number of nitrogens with zero attached hydrogens (tertiary/aromatic N) is 1. The van der Waals surface area contributed by atoms with Crippen molar-refractivity contribution >= 4 is 5.96 Å². The third kappa shape index (κ3) is 10.0. The zero-order chi connectivity index (χ0) is 15.9. The zero-order valence-electron chi connectivity index (χ0n) is 14.5. The van der Waals surface area contributed by atoms with Gasteiger partial charge in [-0.25, -0.2) is 0 Å². The summed E-state index contributed by atoms with van der Waals surface area (Å²) in [5.74, 6) is 0.862. The summed E-state index contributed by atoms with van der Waals surface area (Å²) >= 11 is 0. The summed E-state index contributed by atoms with van der Waals surface area (Å²) in [6, 6.07) is 0. The monoisotopic (exact) mass is 313 g/mol. The molecule has 1 fully saturated rings. The van der Waals surface area contributed by atoms with E-state index in [1.54, 1.807) is 0 Å². The van der Waals surface area contributed by atoms with Crippen LogP contribution in [0.4, 0.5) is 0 Å². The number of ether oxygens (including phenoxy) is 2. The molecule has 5 heteroatoms. The van der Waals surface area contributed by atoms with Crippen molar-refractivity contribution in [3.8, 4) is 0 Å². The number of hydrogen-bond donors (Lipinski definition) is 2. The van der Waals surface area contributed by atoms with Gasteiger partial charge in [0.15, 0.2) is 5.96 Å². The summed E-state index contributed by atoms with van der Waals surface area (Å²) in [5, 5.41) is 6.63. The van der Waals surface area contributed by atoms with Crippen molar-refractivity contribution in [3.63, 3.8) is 0 Å². The first kappa shape index (κ1) is 19.2. The number of aliphatic imine (C=N–C) groups is 1. The molecule has 2 N–H and O–H groups in total. The summed E-state index contributed by atoms with van der Waals surface area (Å²) in [6.45, 7) is 6.18. The molecular formula is C17H35N3O2. The molecule has 0 spiro atoms. The van der Waals surface area contributed by atoms with Gasteiger partial charge in [-0.05, 0) is 32.6 Å². The van der Waals surface area contributed by atoms with E-state index in [0.29, 0.717) is 6.10 Å². The van der Waals surface area contributed by atoms with Gasteiger partial charge in [-0.3, -0.25) is 4.99 Å². The molecule has 0 aromatic carbocycles. The van der Waals surface area contributed by atoms with E-state index in [-0.39, 0.29) is 0 Å². The normalized spacial score (nSPS) is 17.3. The van der Waals surface area contributed by atoms with Crippen molar-refractivity contribution in [3.05, 3.63) is 0 Å². The third-order valence-electron chi connectivity index (χ3n) is 3.99. The summed E-state index contributed by atoms with van der Waals surface area (Å²) in [4.78, 5) is 4.23. The lowest BCUT2D eigenvalue weighted by Crippen LogP contribution is -2.39. The number of unbranched alkanes of at least 4 members (excludes halogenated alkanes) is 1. The SMILES string of the molecule is CCOCCCCNC(=NC)NCCOC1CCCCCC1. The molecule has 0 amide bonds. The van der Waals surface area contributed by atoms with Crippen molar-refractivity contribution in [2.45, 2.75) is 64.4 Å². The van der Waals surface area contributed by atoms with Crippen LogP contribution >= 0.6 is 0 Å². The zero-order valence-corrected chi connectivity index (χ0v) is 14.5. The fourth-order valence-electron chi connectivity index (χ4n) is 2.70. The molecule has 1 saturated carbocycles. The molecule has 0 aliphatic heterocycles. The Morgan fingerprint density at radius 1 is 1.00 bits per heavy atom. The fourth-order valence-corrected chi connectivity index (χ4v) is 2.70. The summed E-state index contributed by atoms with van der Waals surface area (Å²) < 4.78 is 11.3. The standard InChI is InChI=1S/C17H35N3O2/c1-3-21-14-9-8-12-19-17(18-2)20-13-15-22-16-10-6-4-5-7-11-16/h16H,3-15H2,1-2H3,(H2,18,19,20). The van der Waals surface area contributed by atoms with Crippen molar-refractivity contribution in [2.75, 3.05) is 40.0 Å². The van der Waals surface area contributed by atoms with Crippen LogP contribution in [0.2, 0.25) is 0 Å². The first-order valence-corrected chi connectivity index (χ1v) is 9.00. The number of hydrogen-bond acceptors (Lipinski definition) is 3. The lowest BCUT2D eigenvalue weighted by molar-refractivity contribution is 0.0468. The molecule has 0 radical (unpaired) electrons. The van der Waals surface area contributed by atoms with E-state index >= 15 is 0 Å². The van der Waals surface area contributed by atoms with Crippen LogP contribution in [0, 0.1) is 0 Å². The predicted octanol–water partition coefficient (Wildman–Crippen LogP) is 2.71. The Balaban J connectivity index is 1.98. The molecule has 0 heterocycles. The second kappa shape index (κ2) is 13.8. The highest BCUT2D eigenvalue weighted by molar-refractivity contribution is 5.79. The van der Waals surface area contributed by atoms with Crippen molar-refractivity contribution in [1.82, 2.24) is 10.6 Å². The molecule has 0 aromatic heterocycles. The molecule has 0 saturated heterocycles. The maximum Gasteiger partial charge on any atom is 0.191 e. The van der Waals surface area contributed by atoms with Crippen molar-refractivity contribution in [1.29, 1.82) is 0 Å². The molecule has 22 heavy (non-hydrogen) atoms. The Bertz CT molecular complexity index is 277. The largest absolute Gasteiger partial charge is 0.382 e. The Morgan fingerprint density at radius 3 is 2.41 bits per heavy atom. The predicted molar refractivity (Wildman–Crippen MR) is 92.5 cm³/mol. The highest BCUT2D eigenvalue weighted by Gasteiger charge is 2.11.